The SMILES string of the molecule is C=CCCCCCC.CCOC(C)OCC. The third-order valence-corrected chi connectivity index (χ3v) is 2.06. The highest BCUT2D eigenvalue weighted by atomic mass is 16.7. The fourth-order valence-corrected chi connectivity index (χ4v) is 1.23. The predicted molar refractivity (Wildman–Crippen MR) is 71.7 cm³/mol. The van der Waals surface area contributed by atoms with Crippen LogP contribution < -0.4 is 0 Å². The molecule has 2 heteroatoms. The molecule has 0 aliphatic rings. The molecule has 0 aromatic rings. The zero-order chi connectivity index (χ0) is 12.6. The Morgan fingerprint density at radius 1 is 1.00 bits per heavy atom. The number of hydrogen-bond acceptors (Lipinski definition) is 2. The molecular weight excluding hydrogens is 200 g/mol. The van der Waals surface area contributed by atoms with Gasteiger partial charge in [0.15, 0.2) is 6.29 Å². The van der Waals surface area contributed by atoms with E-state index >= 15 is 0 Å². The van der Waals surface area contributed by atoms with Crippen LogP contribution in [-0.4, -0.2) is 19.5 Å². The van der Waals surface area contributed by atoms with Crippen molar-refractivity contribution in [2.75, 3.05) is 13.2 Å². The van der Waals surface area contributed by atoms with Crippen LogP contribution in [0.2, 0.25) is 0 Å². The van der Waals surface area contributed by atoms with Crippen LogP contribution in [0.5, 0.6) is 0 Å². The average molecular weight is 230 g/mol. The molecule has 0 amide bonds. The molecule has 16 heavy (non-hydrogen) atoms. The summed E-state index contributed by atoms with van der Waals surface area (Å²) >= 11 is 0. The van der Waals surface area contributed by atoms with E-state index in [9.17, 15) is 0 Å². The van der Waals surface area contributed by atoms with Crippen molar-refractivity contribution in [2.45, 2.75) is 66.1 Å². The van der Waals surface area contributed by atoms with Gasteiger partial charge in [-0.1, -0.05) is 32.3 Å². The van der Waals surface area contributed by atoms with Crippen molar-refractivity contribution in [3.05, 3.63) is 12.7 Å². The zero-order valence-electron chi connectivity index (χ0n) is 11.6. The summed E-state index contributed by atoms with van der Waals surface area (Å²) in [5, 5.41) is 0. The minimum atomic E-state index is -0.0370. The Balaban J connectivity index is 0. The monoisotopic (exact) mass is 230 g/mol. The van der Waals surface area contributed by atoms with Gasteiger partial charge in [-0.05, 0) is 33.6 Å². The Labute approximate surface area is 102 Å². The largest absolute Gasteiger partial charge is 0.353 e. The molecular formula is C14H30O2. The maximum Gasteiger partial charge on any atom is 0.154 e. The van der Waals surface area contributed by atoms with E-state index in [-0.39, 0.29) is 6.29 Å². The molecule has 0 aromatic carbocycles. The number of allylic oxidation sites excluding steroid dienone is 1. The van der Waals surface area contributed by atoms with Gasteiger partial charge in [0.25, 0.3) is 0 Å². The summed E-state index contributed by atoms with van der Waals surface area (Å²) in [6, 6.07) is 0. The van der Waals surface area contributed by atoms with Crippen LogP contribution in [0, 0.1) is 0 Å². The van der Waals surface area contributed by atoms with E-state index in [0.29, 0.717) is 0 Å². The number of hydrogen-bond donors (Lipinski definition) is 0. The van der Waals surface area contributed by atoms with Crippen LogP contribution in [0.15, 0.2) is 12.7 Å². The molecule has 0 unspecified atom stereocenters. The molecule has 0 atom stereocenters. The van der Waals surface area contributed by atoms with Crippen LogP contribution in [0.4, 0.5) is 0 Å². The highest BCUT2D eigenvalue weighted by Crippen LogP contribution is 2.01. The lowest BCUT2D eigenvalue weighted by atomic mass is 10.2. The molecule has 0 bridgehead atoms. The van der Waals surface area contributed by atoms with Crippen molar-refractivity contribution in [2.24, 2.45) is 0 Å². The maximum absolute atomic E-state index is 5.06. The van der Waals surface area contributed by atoms with Crippen LogP contribution in [0.3, 0.4) is 0 Å². The molecule has 0 saturated heterocycles. The molecule has 0 spiro atoms. The molecule has 0 saturated carbocycles. The Bertz CT molecular complexity index is 118. The summed E-state index contributed by atoms with van der Waals surface area (Å²) in [7, 11) is 0. The first-order valence-corrected chi connectivity index (χ1v) is 6.56. The van der Waals surface area contributed by atoms with E-state index in [1.54, 1.807) is 0 Å². The molecule has 0 aliphatic carbocycles. The summed E-state index contributed by atoms with van der Waals surface area (Å²) in [5.74, 6) is 0. The van der Waals surface area contributed by atoms with E-state index in [4.69, 9.17) is 9.47 Å². The smallest absolute Gasteiger partial charge is 0.154 e. The van der Waals surface area contributed by atoms with Gasteiger partial charge < -0.3 is 9.47 Å². The van der Waals surface area contributed by atoms with Crippen molar-refractivity contribution in [1.29, 1.82) is 0 Å². The van der Waals surface area contributed by atoms with Crippen LogP contribution in [-0.2, 0) is 9.47 Å². The Morgan fingerprint density at radius 3 is 1.94 bits per heavy atom. The number of ether oxygens (including phenoxy) is 2. The van der Waals surface area contributed by atoms with E-state index in [2.05, 4.69) is 13.5 Å². The summed E-state index contributed by atoms with van der Waals surface area (Å²) in [5.41, 5.74) is 0. The van der Waals surface area contributed by atoms with E-state index in [1.165, 1.54) is 32.1 Å². The summed E-state index contributed by atoms with van der Waals surface area (Å²) < 4.78 is 10.1. The molecule has 0 aromatic heterocycles. The van der Waals surface area contributed by atoms with Crippen molar-refractivity contribution in [3.8, 4) is 0 Å². The molecule has 0 rings (SSSR count). The Hall–Kier alpha value is -0.340. The topological polar surface area (TPSA) is 18.5 Å². The molecule has 0 fully saturated rings. The fourth-order valence-electron chi connectivity index (χ4n) is 1.23. The fraction of sp³-hybridized carbons (Fsp3) is 0.857. The second-order valence-electron chi connectivity index (χ2n) is 3.62. The molecule has 0 aliphatic heterocycles. The minimum Gasteiger partial charge on any atom is -0.353 e. The number of rotatable bonds is 9. The molecule has 98 valence electrons. The third kappa shape index (κ3) is 19.3. The van der Waals surface area contributed by atoms with Gasteiger partial charge in [0.1, 0.15) is 0 Å². The van der Waals surface area contributed by atoms with Gasteiger partial charge in [0.2, 0.25) is 0 Å². The first-order chi connectivity index (χ1) is 7.72. The van der Waals surface area contributed by atoms with Crippen LogP contribution >= 0.6 is 0 Å². The van der Waals surface area contributed by atoms with Gasteiger partial charge in [-0.15, -0.1) is 6.58 Å². The second-order valence-corrected chi connectivity index (χ2v) is 3.62. The van der Waals surface area contributed by atoms with Crippen molar-refractivity contribution >= 4 is 0 Å². The molecule has 0 radical (unpaired) electrons. The third-order valence-electron chi connectivity index (χ3n) is 2.06. The standard InChI is InChI=1S/C8H16.C6H14O2/c1-3-5-7-8-6-4-2;1-4-7-6(3)8-5-2/h3H,1,4-8H2,2H3;6H,4-5H2,1-3H3. The first-order valence-electron chi connectivity index (χ1n) is 6.56. The predicted octanol–water partition coefficient (Wildman–Crippen LogP) is 4.55. The lowest BCUT2D eigenvalue weighted by Crippen LogP contribution is -2.11. The summed E-state index contributed by atoms with van der Waals surface area (Å²) in [6.45, 7) is 13.1. The summed E-state index contributed by atoms with van der Waals surface area (Å²) in [6.07, 6.45) is 8.57. The van der Waals surface area contributed by atoms with Crippen molar-refractivity contribution in [1.82, 2.24) is 0 Å². The zero-order valence-corrected chi connectivity index (χ0v) is 11.6. The molecule has 2 nitrogen and oxygen atoms in total. The summed E-state index contributed by atoms with van der Waals surface area (Å²) in [4.78, 5) is 0. The van der Waals surface area contributed by atoms with E-state index in [1.807, 2.05) is 26.8 Å². The highest BCUT2D eigenvalue weighted by Gasteiger charge is 1.94. The van der Waals surface area contributed by atoms with Gasteiger partial charge in [-0.3, -0.25) is 0 Å². The lowest BCUT2D eigenvalue weighted by molar-refractivity contribution is -0.123. The van der Waals surface area contributed by atoms with Crippen LogP contribution in [0.25, 0.3) is 0 Å². The normalized spacial score (nSPS) is 9.81. The Kier molecular flexibility index (Phi) is 19.2. The Morgan fingerprint density at radius 2 is 1.56 bits per heavy atom. The average Bonchev–Trinajstić information content (AvgIpc) is 2.26. The quantitative estimate of drug-likeness (QED) is 0.329. The van der Waals surface area contributed by atoms with E-state index < -0.39 is 0 Å². The van der Waals surface area contributed by atoms with Crippen molar-refractivity contribution in [3.63, 3.8) is 0 Å². The molecule has 0 heterocycles. The maximum atomic E-state index is 5.06. The van der Waals surface area contributed by atoms with Gasteiger partial charge >= 0.3 is 0 Å². The van der Waals surface area contributed by atoms with Gasteiger partial charge in [0, 0.05) is 13.2 Å². The van der Waals surface area contributed by atoms with E-state index in [0.717, 1.165) is 13.2 Å². The van der Waals surface area contributed by atoms with Gasteiger partial charge in [-0.25, -0.2) is 0 Å². The number of unbranched alkanes of at least 4 members (excludes halogenated alkanes) is 4. The lowest BCUT2D eigenvalue weighted by Gasteiger charge is -2.09. The molecule has 0 N–H and O–H groups in total. The first kappa shape index (κ1) is 18.0. The highest BCUT2D eigenvalue weighted by molar-refractivity contribution is 4.64. The minimum absolute atomic E-state index is 0.0370. The van der Waals surface area contributed by atoms with Gasteiger partial charge in [-0.2, -0.15) is 0 Å². The van der Waals surface area contributed by atoms with Gasteiger partial charge in [0.05, 0.1) is 0 Å². The second kappa shape index (κ2) is 17.1. The van der Waals surface area contributed by atoms with Crippen LogP contribution in [0.1, 0.15) is 59.8 Å². The van der Waals surface area contributed by atoms with Crippen molar-refractivity contribution < 1.29 is 9.47 Å².